The van der Waals surface area contributed by atoms with Crippen LogP contribution < -0.4 is 0 Å². The van der Waals surface area contributed by atoms with Crippen LogP contribution in [-0.4, -0.2) is 19.5 Å². The van der Waals surface area contributed by atoms with E-state index in [9.17, 15) is 4.79 Å². The maximum Gasteiger partial charge on any atom is 0.249 e. The Hall–Kier alpha value is -1.74. The molecule has 0 aromatic heterocycles. The molecule has 0 amide bonds. The fraction of sp³-hybridized carbons (Fsp3) is 0.154. The summed E-state index contributed by atoms with van der Waals surface area (Å²) in [6.45, 7) is 0. The zero-order chi connectivity index (χ0) is 12.7. The molecule has 1 aromatic carbocycles. The molecule has 4 heteroatoms. The van der Waals surface area contributed by atoms with Gasteiger partial charge in [-0.1, -0.05) is 30.3 Å². The van der Waals surface area contributed by atoms with Crippen molar-refractivity contribution in [2.75, 3.05) is 14.2 Å². The zero-order valence-electron chi connectivity index (χ0n) is 9.64. The average molecular weight is 253 g/mol. The third-order valence-electron chi connectivity index (χ3n) is 2.02. The lowest BCUT2D eigenvalue weighted by atomic mass is 10.2. The van der Waals surface area contributed by atoms with Crippen LogP contribution in [0.4, 0.5) is 0 Å². The van der Waals surface area contributed by atoms with Crippen LogP contribution in [0, 0.1) is 0 Å². The molecular formula is C13H13ClO3. The number of carbonyl (C=O) groups excluding carboxylic acids is 1. The van der Waals surface area contributed by atoms with Crippen LogP contribution in [-0.2, 0) is 14.3 Å². The Labute approximate surface area is 105 Å². The largest absolute Gasteiger partial charge is 0.493 e. The summed E-state index contributed by atoms with van der Waals surface area (Å²) in [7, 11) is 2.95. The van der Waals surface area contributed by atoms with Crippen molar-refractivity contribution >= 4 is 22.9 Å². The van der Waals surface area contributed by atoms with Gasteiger partial charge in [0.15, 0.2) is 11.5 Å². The number of allylic oxidation sites excluding steroid dienone is 1. The van der Waals surface area contributed by atoms with E-state index in [-0.39, 0.29) is 5.76 Å². The van der Waals surface area contributed by atoms with Gasteiger partial charge in [0, 0.05) is 6.08 Å². The lowest BCUT2D eigenvalue weighted by molar-refractivity contribution is -0.107. The molecule has 1 aromatic rings. The van der Waals surface area contributed by atoms with E-state index in [1.807, 2.05) is 30.3 Å². The van der Waals surface area contributed by atoms with Crippen molar-refractivity contribution in [1.29, 1.82) is 0 Å². The van der Waals surface area contributed by atoms with Gasteiger partial charge >= 0.3 is 0 Å². The predicted octanol–water partition coefficient (Wildman–Crippen LogP) is 2.97. The molecule has 0 radical (unpaired) electrons. The van der Waals surface area contributed by atoms with Crippen LogP contribution >= 0.6 is 11.6 Å². The molecule has 0 aliphatic carbocycles. The number of halogens is 1. The molecule has 90 valence electrons. The Bertz CT molecular complexity index is 435. The van der Waals surface area contributed by atoms with E-state index in [4.69, 9.17) is 21.1 Å². The minimum atomic E-state index is -0.613. The minimum absolute atomic E-state index is 0.288. The van der Waals surface area contributed by atoms with E-state index in [1.165, 1.54) is 20.3 Å². The Balaban J connectivity index is 3.06. The van der Waals surface area contributed by atoms with Crippen LogP contribution in [0.2, 0.25) is 0 Å². The quantitative estimate of drug-likeness (QED) is 0.350. The molecule has 3 nitrogen and oxygen atoms in total. The van der Waals surface area contributed by atoms with Crippen molar-refractivity contribution in [1.82, 2.24) is 0 Å². The van der Waals surface area contributed by atoms with Crippen molar-refractivity contribution in [3.05, 3.63) is 53.5 Å². The van der Waals surface area contributed by atoms with Gasteiger partial charge < -0.3 is 9.47 Å². The smallest absolute Gasteiger partial charge is 0.249 e. The minimum Gasteiger partial charge on any atom is -0.493 e. The van der Waals surface area contributed by atoms with Gasteiger partial charge in [0.05, 0.1) is 14.2 Å². The van der Waals surface area contributed by atoms with E-state index < -0.39 is 5.24 Å². The van der Waals surface area contributed by atoms with E-state index in [0.717, 1.165) is 5.56 Å². The van der Waals surface area contributed by atoms with Crippen molar-refractivity contribution in [2.45, 2.75) is 0 Å². The summed E-state index contributed by atoms with van der Waals surface area (Å²) in [6.07, 6.45) is 2.93. The van der Waals surface area contributed by atoms with Gasteiger partial charge in [0.25, 0.3) is 0 Å². The first-order chi connectivity index (χ1) is 8.17. The van der Waals surface area contributed by atoms with Gasteiger partial charge in [-0.05, 0) is 23.2 Å². The number of hydrogen-bond acceptors (Lipinski definition) is 3. The van der Waals surface area contributed by atoms with Crippen molar-refractivity contribution in [3.8, 4) is 0 Å². The number of carbonyl (C=O) groups is 1. The SMILES string of the molecule is COC(=CC(=O)Cl)C(=Cc1ccccc1)OC. The third kappa shape index (κ3) is 4.33. The van der Waals surface area contributed by atoms with Crippen LogP contribution in [0.3, 0.4) is 0 Å². The first-order valence-electron chi connectivity index (χ1n) is 4.93. The van der Waals surface area contributed by atoms with Crippen LogP contribution in [0.1, 0.15) is 5.56 Å². The topological polar surface area (TPSA) is 35.5 Å². The van der Waals surface area contributed by atoms with Gasteiger partial charge in [-0.3, -0.25) is 4.79 Å². The summed E-state index contributed by atoms with van der Waals surface area (Å²) >= 11 is 5.28. The highest BCUT2D eigenvalue weighted by molar-refractivity contribution is 6.66. The maximum absolute atomic E-state index is 10.8. The fourth-order valence-electron chi connectivity index (χ4n) is 1.27. The summed E-state index contributed by atoms with van der Waals surface area (Å²) in [5, 5.41) is -0.613. The highest BCUT2D eigenvalue weighted by atomic mass is 35.5. The van der Waals surface area contributed by atoms with E-state index in [0.29, 0.717) is 5.76 Å². The molecule has 0 saturated carbocycles. The third-order valence-corrected chi connectivity index (χ3v) is 2.13. The number of hydrogen-bond donors (Lipinski definition) is 0. The van der Waals surface area contributed by atoms with E-state index in [2.05, 4.69) is 0 Å². The van der Waals surface area contributed by atoms with Gasteiger partial charge in [-0.15, -0.1) is 0 Å². The van der Waals surface area contributed by atoms with Gasteiger partial charge in [-0.2, -0.15) is 0 Å². The second kappa shape index (κ2) is 6.76. The van der Waals surface area contributed by atoms with Crippen molar-refractivity contribution in [2.24, 2.45) is 0 Å². The molecule has 0 saturated heterocycles. The summed E-state index contributed by atoms with van der Waals surface area (Å²) in [5.74, 6) is 0.726. The lowest BCUT2D eigenvalue weighted by Gasteiger charge is -2.09. The van der Waals surface area contributed by atoms with Crippen LogP contribution in [0.25, 0.3) is 6.08 Å². The Kier molecular flexibility index (Phi) is 5.30. The summed E-state index contributed by atoms with van der Waals surface area (Å²) in [4.78, 5) is 10.8. The van der Waals surface area contributed by atoms with Gasteiger partial charge in [0.1, 0.15) is 0 Å². The number of benzene rings is 1. The molecule has 0 aliphatic rings. The monoisotopic (exact) mass is 252 g/mol. The maximum atomic E-state index is 10.8. The molecule has 1 rings (SSSR count). The molecule has 0 fully saturated rings. The molecule has 0 atom stereocenters. The zero-order valence-corrected chi connectivity index (χ0v) is 10.4. The second-order valence-electron chi connectivity index (χ2n) is 3.14. The Morgan fingerprint density at radius 2 is 1.71 bits per heavy atom. The van der Waals surface area contributed by atoms with Crippen molar-refractivity contribution < 1.29 is 14.3 Å². The molecular weight excluding hydrogens is 240 g/mol. The highest BCUT2D eigenvalue weighted by Crippen LogP contribution is 2.16. The number of rotatable bonds is 5. The van der Waals surface area contributed by atoms with Gasteiger partial charge in [0.2, 0.25) is 5.24 Å². The molecule has 0 N–H and O–H groups in total. The average Bonchev–Trinajstić information content (AvgIpc) is 2.34. The van der Waals surface area contributed by atoms with Crippen LogP contribution in [0.15, 0.2) is 47.9 Å². The second-order valence-corrected chi connectivity index (χ2v) is 3.51. The molecule has 0 unspecified atom stereocenters. The summed E-state index contributed by atoms with van der Waals surface area (Å²) < 4.78 is 10.2. The Morgan fingerprint density at radius 3 is 2.18 bits per heavy atom. The molecule has 17 heavy (non-hydrogen) atoms. The Morgan fingerprint density at radius 1 is 1.12 bits per heavy atom. The van der Waals surface area contributed by atoms with Gasteiger partial charge in [-0.25, -0.2) is 0 Å². The normalized spacial score (nSPS) is 12.2. The van der Waals surface area contributed by atoms with Crippen LogP contribution in [0.5, 0.6) is 0 Å². The fourth-order valence-corrected chi connectivity index (χ4v) is 1.36. The van der Waals surface area contributed by atoms with E-state index in [1.54, 1.807) is 6.08 Å². The lowest BCUT2D eigenvalue weighted by Crippen LogP contribution is -1.97. The van der Waals surface area contributed by atoms with E-state index >= 15 is 0 Å². The molecule has 0 spiro atoms. The molecule has 0 heterocycles. The van der Waals surface area contributed by atoms with Crippen molar-refractivity contribution in [3.63, 3.8) is 0 Å². The summed E-state index contributed by atoms with van der Waals surface area (Å²) in [5.41, 5.74) is 0.939. The summed E-state index contributed by atoms with van der Waals surface area (Å²) in [6, 6.07) is 9.55. The first kappa shape index (κ1) is 13.3. The number of ether oxygens (including phenoxy) is 2. The highest BCUT2D eigenvalue weighted by Gasteiger charge is 2.07. The first-order valence-corrected chi connectivity index (χ1v) is 5.31. The molecule has 0 aliphatic heterocycles. The number of methoxy groups -OCH3 is 2. The predicted molar refractivity (Wildman–Crippen MR) is 67.4 cm³/mol. The molecule has 0 bridgehead atoms. The standard InChI is InChI=1S/C13H13ClO3/c1-16-11(12(17-2)9-13(14)15)8-10-6-4-3-5-7-10/h3-9H,1-2H3.